The van der Waals surface area contributed by atoms with Crippen molar-refractivity contribution in [2.75, 3.05) is 0 Å². The molecule has 0 bridgehead atoms. The van der Waals surface area contributed by atoms with Crippen molar-refractivity contribution in [2.24, 2.45) is 0 Å². The van der Waals surface area contributed by atoms with Crippen molar-refractivity contribution in [1.29, 1.82) is 0 Å². The van der Waals surface area contributed by atoms with E-state index >= 15 is 0 Å². The van der Waals surface area contributed by atoms with E-state index in [4.69, 9.17) is 5.11 Å². The number of nitrogens with zero attached hydrogens (tertiary/aromatic N) is 1. The van der Waals surface area contributed by atoms with Gasteiger partial charge in [0.15, 0.2) is 0 Å². The molecule has 0 aliphatic carbocycles. The number of amides is 1. The standard InChI is InChI=1S/C8H9NO3S/c1-4-2-5(8(11)12)9-6(10)3-7(9)13-4/h5,7H,1-3H2,(H,11,12)/t5-,7-/m1/s1. The summed E-state index contributed by atoms with van der Waals surface area (Å²) < 4.78 is 0. The fraction of sp³-hybridized carbons (Fsp3) is 0.500. The van der Waals surface area contributed by atoms with Gasteiger partial charge in [0, 0.05) is 6.42 Å². The molecule has 0 radical (unpaired) electrons. The maximum absolute atomic E-state index is 11.1. The predicted octanol–water partition coefficient (Wildman–Crippen LogP) is 0.649. The maximum Gasteiger partial charge on any atom is 0.326 e. The topological polar surface area (TPSA) is 57.6 Å². The molecule has 0 aromatic rings. The molecule has 2 saturated heterocycles. The van der Waals surface area contributed by atoms with Crippen LogP contribution in [-0.2, 0) is 9.59 Å². The molecule has 0 aromatic heterocycles. The number of β-lactam (4-membered cyclic amide) rings is 1. The second-order valence-corrected chi connectivity index (χ2v) is 4.53. The number of carbonyl (C=O) groups excluding carboxylic acids is 1. The minimum absolute atomic E-state index is 0.0230. The van der Waals surface area contributed by atoms with Crippen molar-refractivity contribution in [3.8, 4) is 0 Å². The van der Waals surface area contributed by atoms with Crippen molar-refractivity contribution in [1.82, 2.24) is 4.90 Å². The molecule has 0 spiro atoms. The molecule has 2 heterocycles. The van der Waals surface area contributed by atoms with Gasteiger partial charge in [-0.05, 0) is 4.91 Å². The van der Waals surface area contributed by atoms with Crippen LogP contribution < -0.4 is 0 Å². The van der Waals surface area contributed by atoms with Crippen molar-refractivity contribution < 1.29 is 14.7 Å². The average molecular weight is 199 g/mol. The normalized spacial score (nSPS) is 32.5. The second-order valence-electron chi connectivity index (χ2n) is 3.17. The molecule has 2 rings (SSSR count). The van der Waals surface area contributed by atoms with Gasteiger partial charge in [0.1, 0.15) is 6.04 Å². The molecule has 5 heteroatoms. The zero-order valence-electron chi connectivity index (χ0n) is 6.90. The Balaban J connectivity index is 2.19. The third-order valence-corrected chi connectivity index (χ3v) is 3.46. The van der Waals surface area contributed by atoms with Crippen LogP contribution in [0.2, 0.25) is 0 Å². The van der Waals surface area contributed by atoms with Gasteiger partial charge in [-0.1, -0.05) is 6.58 Å². The smallest absolute Gasteiger partial charge is 0.326 e. The minimum Gasteiger partial charge on any atom is -0.480 e. The van der Waals surface area contributed by atoms with Crippen LogP contribution in [0, 0.1) is 0 Å². The van der Waals surface area contributed by atoms with E-state index in [-0.39, 0.29) is 11.3 Å². The molecular weight excluding hydrogens is 190 g/mol. The first-order chi connectivity index (χ1) is 6.09. The van der Waals surface area contributed by atoms with Gasteiger partial charge >= 0.3 is 5.97 Å². The Kier molecular flexibility index (Phi) is 1.83. The quantitative estimate of drug-likeness (QED) is 0.630. The Bertz CT molecular complexity index is 300. The Morgan fingerprint density at radius 1 is 1.62 bits per heavy atom. The van der Waals surface area contributed by atoms with Crippen molar-refractivity contribution in [3.63, 3.8) is 0 Å². The first-order valence-electron chi connectivity index (χ1n) is 3.98. The van der Waals surface area contributed by atoms with Crippen LogP contribution in [0.4, 0.5) is 0 Å². The molecule has 0 unspecified atom stereocenters. The number of aliphatic carboxylic acids is 1. The minimum atomic E-state index is -0.931. The molecule has 1 amide bonds. The lowest BCUT2D eigenvalue weighted by atomic mass is 10.1. The van der Waals surface area contributed by atoms with Gasteiger partial charge in [0.05, 0.1) is 11.8 Å². The van der Waals surface area contributed by atoms with E-state index in [9.17, 15) is 9.59 Å². The van der Waals surface area contributed by atoms with E-state index in [1.807, 2.05) is 0 Å². The third-order valence-electron chi connectivity index (χ3n) is 2.29. The summed E-state index contributed by atoms with van der Waals surface area (Å²) in [5.74, 6) is -0.989. The zero-order chi connectivity index (χ0) is 9.59. The largest absolute Gasteiger partial charge is 0.480 e. The zero-order valence-corrected chi connectivity index (χ0v) is 7.71. The van der Waals surface area contributed by atoms with E-state index in [1.54, 1.807) is 0 Å². The van der Waals surface area contributed by atoms with Crippen LogP contribution in [0.15, 0.2) is 11.5 Å². The van der Waals surface area contributed by atoms with E-state index < -0.39 is 12.0 Å². The molecule has 1 N–H and O–H groups in total. The second kappa shape index (κ2) is 2.77. The Morgan fingerprint density at radius 3 is 2.85 bits per heavy atom. The summed E-state index contributed by atoms with van der Waals surface area (Å²) in [4.78, 5) is 24.2. The Labute approximate surface area is 79.6 Å². The molecule has 2 atom stereocenters. The number of hydrogen-bond donors (Lipinski definition) is 1. The molecule has 70 valence electrons. The van der Waals surface area contributed by atoms with Crippen LogP contribution in [0.1, 0.15) is 12.8 Å². The van der Waals surface area contributed by atoms with E-state index in [0.29, 0.717) is 12.8 Å². The summed E-state index contributed by atoms with van der Waals surface area (Å²) >= 11 is 1.51. The molecule has 0 aromatic carbocycles. The molecule has 13 heavy (non-hydrogen) atoms. The lowest BCUT2D eigenvalue weighted by Gasteiger charge is -2.47. The summed E-state index contributed by atoms with van der Waals surface area (Å²) in [6.07, 6.45) is 0.829. The number of fused-ring (bicyclic) bond motifs is 1. The molecule has 2 aliphatic heterocycles. The third kappa shape index (κ3) is 1.23. The van der Waals surface area contributed by atoms with Gasteiger partial charge in [0.2, 0.25) is 5.91 Å². The van der Waals surface area contributed by atoms with Gasteiger partial charge < -0.3 is 10.0 Å². The molecule has 0 saturated carbocycles. The van der Waals surface area contributed by atoms with Crippen LogP contribution in [0.25, 0.3) is 0 Å². The fourth-order valence-electron chi connectivity index (χ4n) is 1.64. The summed E-state index contributed by atoms with van der Waals surface area (Å²) in [6.45, 7) is 3.75. The Morgan fingerprint density at radius 2 is 2.31 bits per heavy atom. The maximum atomic E-state index is 11.1. The molecular formula is C8H9NO3S. The molecule has 4 nitrogen and oxygen atoms in total. The van der Waals surface area contributed by atoms with Crippen molar-refractivity contribution in [3.05, 3.63) is 11.5 Å². The van der Waals surface area contributed by atoms with E-state index in [2.05, 4.69) is 6.58 Å². The number of thioether (sulfide) groups is 1. The number of carboxylic acids is 1. The highest BCUT2D eigenvalue weighted by molar-refractivity contribution is 8.03. The van der Waals surface area contributed by atoms with Gasteiger partial charge in [-0.2, -0.15) is 0 Å². The number of rotatable bonds is 1. The Hall–Kier alpha value is -0.970. The van der Waals surface area contributed by atoms with Gasteiger partial charge in [-0.3, -0.25) is 4.79 Å². The summed E-state index contributed by atoms with van der Waals surface area (Å²) in [7, 11) is 0. The monoisotopic (exact) mass is 199 g/mol. The van der Waals surface area contributed by atoms with Crippen LogP contribution in [0.3, 0.4) is 0 Å². The predicted molar refractivity (Wildman–Crippen MR) is 48.0 cm³/mol. The summed E-state index contributed by atoms with van der Waals surface area (Å²) in [6, 6.07) is -0.681. The summed E-state index contributed by atoms with van der Waals surface area (Å²) in [5, 5.41) is 8.87. The van der Waals surface area contributed by atoms with Crippen LogP contribution >= 0.6 is 11.8 Å². The first kappa shape index (κ1) is 8.62. The number of hydrogen-bond acceptors (Lipinski definition) is 3. The van der Waals surface area contributed by atoms with Gasteiger partial charge in [-0.15, -0.1) is 11.8 Å². The van der Waals surface area contributed by atoms with E-state index in [1.165, 1.54) is 16.7 Å². The fourth-order valence-corrected chi connectivity index (χ4v) is 2.88. The lowest BCUT2D eigenvalue weighted by molar-refractivity contribution is -0.158. The average Bonchev–Trinajstić information content (AvgIpc) is 2.01. The number of carboxylic acid groups (broad SMARTS) is 1. The first-order valence-corrected chi connectivity index (χ1v) is 4.86. The highest BCUT2D eigenvalue weighted by Gasteiger charge is 2.47. The van der Waals surface area contributed by atoms with Crippen molar-refractivity contribution in [2.45, 2.75) is 24.3 Å². The highest BCUT2D eigenvalue weighted by atomic mass is 32.2. The summed E-state index contributed by atoms with van der Waals surface area (Å²) in [5.41, 5.74) is 0. The molecule has 2 aliphatic rings. The van der Waals surface area contributed by atoms with Crippen molar-refractivity contribution >= 4 is 23.6 Å². The highest BCUT2D eigenvalue weighted by Crippen LogP contribution is 2.42. The SMILES string of the molecule is C=C1C[C@H](C(=O)O)N2C(=O)C[C@H]2S1. The number of carbonyl (C=O) groups is 2. The van der Waals surface area contributed by atoms with E-state index in [0.717, 1.165) is 4.91 Å². The van der Waals surface area contributed by atoms with Gasteiger partial charge in [-0.25, -0.2) is 4.79 Å². The van der Waals surface area contributed by atoms with Gasteiger partial charge in [0.25, 0.3) is 0 Å². The lowest BCUT2D eigenvalue weighted by Crippen LogP contribution is -2.60. The van der Waals surface area contributed by atoms with Crippen LogP contribution in [0.5, 0.6) is 0 Å². The van der Waals surface area contributed by atoms with Crippen LogP contribution in [-0.4, -0.2) is 33.3 Å². The molecule has 2 fully saturated rings.